The Labute approximate surface area is 140 Å². The molecule has 0 unspecified atom stereocenters. The minimum Gasteiger partial charge on any atom is -0.356 e. The molecule has 0 saturated heterocycles. The first-order chi connectivity index (χ1) is 8.20. The van der Waals surface area contributed by atoms with E-state index in [4.69, 9.17) is 46.0 Å². The molecule has 0 aromatic heterocycles. The van der Waals surface area contributed by atoms with E-state index in [-0.39, 0.29) is 41.3 Å². The van der Waals surface area contributed by atoms with Gasteiger partial charge in [-0.3, -0.25) is 0 Å². The van der Waals surface area contributed by atoms with E-state index < -0.39 is 15.3 Å². The molecule has 0 spiro atoms. The molecule has 1 saturated carbocycles. The van der Waals surface area contributed by atoms with Gasteiger partial charge in [-0.1, -0.05) is 38.5 Å². The fraction of sp³-hybridized carbons (Fsp3) is 1.00. The van der Waals surface area contributed by atoms with Gasteiger partial charge in [0.15, 0.2) is 0 Å². The summed E-state index contributed by atoms with van der Waals surface area (Å²) in [5.41, 5.74) is 0. The van der Waals surface area contributed by atoms with Gasteiger partial charge in [-0.25, -0.2) is 0 Å². The summed E-state index contributed by atoms with van der Waals surface area (Å²) in [6, 6.07) is 0. The molecule has 0 heterocycles. The third-order valence-corrected chi connectivity index (χ3v) is 1.50. The molecule has 13 heteroatoms. The Kier molecular flexibility index (Phi) is 30.9. The van der Waals surface area contributed by atoms with E-state index in [0.717, 1.165) is 0 Å². The third kappa shape index (κ3) is 154. The summed E-state index contributed by atoms with van der Waals surface area (Å²) in [6.07, 6.45) is 9.00. The van der Waals surface area contributed by atoms with Crippen LogP contribution in [0.25, 0.3) is 0 Å². The quantitative estimate of drug-likeness (QED) is 0.419. The molecule has 0 bridgehead atoms. The molecule has 0 aromatic carbocycles. The van der Waals surface area contributed by atoms with E-state index in [1.165, 1.54) is 38.5 Å². The molecule has 1 aliphatic rings. The van der Waals surface area contributed by atoms with Gasteiger partial charge >= 0.3 is 41.3 Å². The summed E-state index contributed by atoms with van der Waals surface area (Å²) in [7, 11) is 0. The zero-order chi connectivity index (χ0) is 15.0. The summed E-state index contributed by atoms with van der Waals surface area (Å²) in [5.74, 6) is 0. The minimum atomic E-state index is -1.75. The van der Waals surface area contributed by atoms with Crippen LogP contribution < -0.4 is 0 Å². The monoisotopic (exact) mass is 411 g/mol. The first-order valence-electron chi connectivity index (χ1n) is 4.64. The molecule has 0 N–H and O–H groups in total. The summed E-state index contributed by atoms with van der Waals surface area (Å²) in [6.45, 7) is 0. The normalized spacial score (nSPS) is 11.4. The zero-order valence-corrected chi connectivity index (χ0v) is 13.5. The Morgan fingerprint density at radius 1 is 0.474 bits per heavy atom. The van der Waals surface area contributed by atoms with Crippen LogP contribution in [0.4, 0.5) is 0 Å². The second-order valence-electron chi connectivity index (χ2n) is 2.79. The van der Waals surface area contributed by atoms with E-state index >= 15 is 0 Å². The standard InChI is InChI=1S/C6H12.3NO3.Pr/c1-2-4-6-5-3-1;3*2-1(3)4;/h1-6H2;;;;/q;3*-1;+3. The smallest absolute Gasteiger partial charge is 0.356 e. The number of hydrogen-bond acceptors (Lipinski definition) is 9. The summed E-state index contributed by atoms with van der Waals surface area (Å²) in [5, 5.41) is 44.2. The SMILES string of the molecule is C1CCCCC1.O=[N+]([O-])[O-].O=[N+]([O-])[O-].O=[N+]([O-])[O-].[Pr+3]. The molecular formula is C6H12N3O9Pr. The van der Waals surface area contributed by atoms with Gasteiger partial charge in [0.05, 0.1) is 15.3 Å². The summed E-state index contributed by atoms with van der Waals surface area (Å²) in [4.78, 5) is 24.8. The van der Waals surface area contributed by atoms with Crippen LogP contribution in [0, 0.1) is 87.3 Å². The maximum Gasteiger partial charge on any atom is 3.00 e. The topological polar surface area (TPSA) is 199 Å². The fourth-order valence-electron chi connectivity index (χ4n) is 1.06. The van der Waals surface area contributed by atoms with Crippen molar-refractivity contribution in [1.29, 1.82) is 0 Å². The second kappa shape index (κ2) is 22.2. The Morgan fingerprint density at radius 3 is 0.579 bits per heavy atom. The molecule has 0 aliphatic heterocycles. The van der Waals surface area contributed by atoms with Crippen molar-refractivity contribution in [2.45, 2.75) is 38.5 Å². The Morgan fingerprint density at radius 2 is 0.526 bits per heavy atom. The van der Waals surface area contributed by atoms with Crippen LogP contribution in [0.5, 0.6) is 0 Å². The minimum absolute atomic E-state index is 0. The number of nitrogens with zero attached hydrogens (tertiary/aromatic N) is 3. The third-order valence-electron chi connectivity index (χ3n) is 1.50. The van der Waals surface area contributed by atoms with Crippen LogP contribution in [0.15, 0.2) is 0 Å². The average molecular weight is 411 g/mol. The molecule has 0 radical (unpaired) electrons. The van der Waals surface area contributed by atoms with Gasteiger partial charge in [0.1, 0.15) is 0 Å². The first kappa shape index (κ1) is 26.5. The van der Waals surface area contributed by atoms with E-state index in [0.29, 0.717) is 0 Å². The Balaban J connectivity index is -0.0000000796. The van der Waals surface area contributed by atoms with Gasteiger partial charge in [-0.05, 0) is 0 Å². The first-order valence-corrected chi connectivity index (χ1v) is 4.64. The molecule has 12 nitrogen and oxygen atoms in total. The van der Waals surface area contributed by atoms with Gasteiger partial charge < -0.3 is 46.0 Å². The van der Waals surface area contributed by atoms with Crippen LogP contribution in [-0.4, -0.2) is 15.3 Å². The molecule has 108 valence electrons. The Bertz CT molecular complexity index is 184. The van der Waals surface area contributed by atoms with Gasteiger partial charge in [0.25, 0.3) is 0 Å². The molecule has 1 rings (SSSR count). The van der Waals surface area contributed by atoms with Crippen LogP contribution in [0.1, 0.15) is 38.5 Å². The van der Waals surface area contributed by atoms with Crippen LogP contribution in [0.2, 0.25) is 0 Å². The predicted octanol–water partition coefficient (Wildman–Crippen LogP) is 1.62. The van der Waals surface area contributed by atoms with Gasteiger partial charge in [-0.2, -0.15) is 0 Å². The van der Waals surface area contributed by atoms with E-state index in [1.54, 1.807) is 0 Å². The van der Waals surface area contributed by atoms with Crippen molar-refractivity contribution in [3.63, 3.8) is 0 Å². The van der Waals surface area contributed by atoms with Crippen LogP contribution >= 0.6 is 0 Å². The Hall–Kier alpha value is -1.04. The molecule has 1 fully saturated rings. The van der Waals surface area contributed by atoms with Crippen molar-refractivity contribution >= 4 is 0 Å². The summed E-state index contributed by atoms with van der Waals surface area (Å²) >= 11 is 0. The van der Waals surface area contributed by atoms with Gasteiger partial charge in [0, 0.05) is 0 Å². The largest absolute Gasteiger partial charge is 3.00 e. The maximum absolute atomic E-state index is 8.25. The molecule has 1 aliphatic carbocycles. The van der Waals surface area contributed by atoms with Crippen molar-refractivity contribution in [2.75, 3.05) is 0 Å². The van der Waals surface area contributed by atoms with Gasteiger partial charge in [-0.15, -0.1) is 0 Å². The molecule has 19 heavy (non-hydrogen) atoms. The maximum atomic E-state index is 8.25. The fourth-order valence-corrected chi connectivity index (χ4v) is 1.06. The zero-order valence-electron chi connectivity index (χ0n) is 9.84. The van der Waals surface area contributed by atoms with Gasteiger partial charge in [0.2, 0.25) is 0 Å². The van der Waals surface area contributed by atoms with Crippen molar-refractivity contribution < 1.29 is 56.6 Å². The molecule has 0 aromatic rings. The van der Waals surface area contributed by atoms with Crippen molar-refractivity contribution in [2.24, 2.45) is 0 Å². The summed E-state index contributed by atoms with van der Waals surface area (Å²) < 4.78 is 0. The van der Waals surface area contributed by atoms with Crippen molar-refractivity contribution in [1.82, 2.24) is 0 Å². The van der Waals surface area contributed by atoms with Crippen molar-refractivity contribution in [3.8, 4) is 0 Å². The van der Waals surface area contributed by atoms with E-state index in [9.17, 15) is 0 Å². The average Bonchev–Trinajstić information content (AvgIpc) is 2.17. The van der Waals surface area contributed by atoms with E-state index in [1.807, 2.05) is 0 Å². The predicted molar refractivity (Wildman–Crippen MR) is 58.8 cm³/mol. The second-order valence-corrected chi connectivity index (χ2v) is 2.79. The number of hydrogen-bond donors (Lipinski definition) is 0. The van der Waals surface area contributed by atoms with Crippen LogP contribution in [-0.2, 0) is 0 Å². The van der Waals surface area contributed by atoms with Crippen LogP contribution in [0.3, 0.4) is 0 Å². The molecule has 0 atom stereocenters. The molecular weight excluding hydrogens is 399 g/mol. The van der Waals surface area contributed by atoms with Crippen molar-refractivity contribution in [3.05, 3.63) is 46.0 Å². The number of rotatable bonds is 0. The molecule has 0 amide bonds. The van der Waals surface area contributed by atoms with E-state index in [2.05, 4.69) is 0 Å².